The van der Waals surface area contributed by atoms with Crippen LogP contribution in [0, 0.1) is 0 Å². The molecule has 1 aliphatic heterocycles. The average molecular weight is 404 g/mol. The molecule has 0 spiro atoms. The number of morpholine rings is 1. The minimum absolute atomic E-state index is 0.0324. The van der Waals surface area contributed by atoms with Gasteiger partial charge in [-0.1, -0.05) is 48.5 Å². The van der Waals surface area contributed by atoms with Gasteiger partial charge in [0.2, 0.25) is 0 Å². The Bertz CT molecular complexity index is 989. The highest BCUT2D eigenvalue weighted by atomic mass is 16.5. The number of amides is 1. The minimum atomic E-state index is -0.0324. The van der Waals surface area contributed by atoms with E-state index in [9.17, 15) is 4.79 Å². The SMILES string of the molecule is CN(C)c1ccc([C@H](CNC(=O)c2cccc3ccccc23)N2CCOCC2)cc1. The van der Waals surface area contributed by atoms with E-state index in [2.05, 4.69) is 39.4 Å². The first-order valence-electron chi connectivity index (χ1n) is 10.5. The zero-order chi connectivity index (χ0) is 20.9. The number of benzene rings is 3. The Hall–Kier alpha value is -2.89. The van der Waals surface area contributed by atoms with Gasteiger partial charge in [-0.05, 0) is 34.5 Å². The third-order valence-electron chi connectivity index (χ3n) is 5.77. The number of nitrogens with one attached hydrogen (secondary N) is 1. The maximum absolute atomic E-state index is 13.1. The minimum Gasteiger partial charge on any atom is -0.379 e. The van der Waals surface area contributed by atoms with Crippen molar-refractivity contribution in [2.75, 3.05) is 51.8 Å². The second kappa shape index (κ2) is 9.28. The number of carbonyl (C=O) groups is 1. The van der Waals surface area contributed by atoms with E-state index in [-0.39, 0.29) is 11.9 Å². The maximum atomic E-state index is 13.1. The van der Waals surface area contributed by atoms with E-state index in [1.807, 2.05) is 56.6 Å². The van der Waals surface area contributed by atoms with E-state index in [1.165, 1.54) is 11.3 Å². The Morgan fingerprint density at radius 2 is 1.70 bits per heavy atom. The molecule has 0 unspecified atom stereocenters. The van der Waals surface area contributed by atoms with Gasteiger partial charge >= 0.3 is 0 Å². The summed E-state index contributed by atoms with van der Waals surface area (Å²) >= 11 is 0. The molecule has 0 bridgehead atoms. The zero-order valence-electron chi connectivity index (χ0n) is 17.7. The number of anilines is 1. The highest BCUT2D eigenvalue weighted by Crippen LogP contribution is 2.24. The van der Waals surface area contributed by atoms with E-state index in [4.69, 9.17) is 4.74 Å². The smallest absolute Gasteiger partial charge is 0.251 e. The van der Waals surface area contributed by atoms with Gasteiger partial charge in [0.05, 0.1) is 19.3 Å². The van der Waals surface area contributed by atoms with Gasteiger partial charge < -0.3 is 15.0 Å². The van der Waals surface area contributed by atoms with Crippen LogP contribution in [0.4, 0.5) is 5.69 Å². The number of ether oxygens (including phenoxy) is 1. The fourth-order valence-corrected chi connectivity index (χ4v) is 4.05. The number of rotatable bonds is 6. The van der Waals surface area contributed by atoms with Gasteiger partial charge in [-0.25, -0.2) is 0 Å². The predicted molar refractivity (Wildman–Crippen MR) is 122 cm³/mol. The van der Waals surface area contributed by atoms with Gasteiger partial charge in [0, 0.05) is 45.0 Å². The third kappa shape index (κ3) is 4.48. The number of hydrogen-bond acceptors (Lipinski definition) is 4. The summed E-state index contributed by atoms with van der Waals surface area (Å²) < 4.78 is 5.54. The summed E-state index contributed by atoms with van der Waals surface area (Å²) in [7, 11) is 4.08. The average Bonchev–Trinajstić information content (AvgIpc) is 2.79. The van der Waals surface area contributed by atoms with Gasteiger partial charge in [0.25, 0.3) is 5.91 Å². The van der Waals surface area contributed by atoms with Crippen molar-refractivity contribution in [1.82, 2.24) is 10.2 Å². The summed E-state index contributed by atoms with van der Waals surface area (Å²) in [6.45, 7) is 3.74. The molecule has 1 fully saturated rings. The Kier molecular flexibility index (Phi) is 6.31. The molecule has 3 aromatic carbocycles. The fraction of sp³-hybridized carbons (Fsp3) is 0.320. The van der Waals surface area contributed by atoms with Crippen LogP contribution in [0.3, 0.4) is 0 Å². The van der Waals surface area contributed by atoms with Crippen LogP contribution in [-0.2, 0) is 4.74 Å². The van der Waals surface area contributed by atoms with E-state index in [0.29, 0.717) is 6.54 Å². The van der Waals surface area contributed by atoms with Crippen molar-refractivity contribution in [2.24, 2.45) is 0 Å². The van der Waals surface area contributed by atoms with Gasteiger partial charge in [-0.3, -0.25) is 9.69 Å². The summed E-state index contributed by atoms with van der Waals surface area (Å²) in [6, 6.07) is 22.6. The monoisotopic (exact) mass is 403 g/mol. The van der Waals surface area contributed by atoms with Crippen LogP contribution in [0.2, 0.25) is 0 Å². The summed E-state index contributed by atoms with van der Waals surface area (Å²) in [5.41, 5.74) is 3.09. The molecule has 0 aromatic heterocycles. The quantitative estimate of drug-likeness (QED) is 0.682. The molecular weight excluding hydrogens is 374 g/mol. The van der Waals surface area contributed by atoms with E-state index >= 15 is 0 Å². The normalized spacial score (nSPS) is 15.7. The van der Waals surface area contributed by atoms with Crippen molar-refractivity contribution >= 4 is 22.4 Å². The van der Waals surface area contributed by atoms with Crippen LogP contribution < -0.4 is 10.2 Å². The second-order valence-electron chi connectivity index (χ2n) is 7.89. The zero-order valence-corrected chi connectivity index (χ0v) is 17.7. The molecule has 30 heavy (non-hydrogen) atoms. The highest BCUT2D eigenvalue weighted by molar-refractivity contribution is 6.07. The number of nitrogens with zero attached hydrogens (tertiary/aromatic N) is 2. The second-order valence-corrected chi connectivity index (χ2v) is 7.89. The summed E-state index contributed by atoms with van der Waals surface area (Å²) in [5, 5.41) is 5.25. The van der Waals surface area contributed by atoms with Crippen molar-refractivity contribution < 1.29 is 9.53 Å². The van der Waals surface area contributed by atoms with E-state index in [1.54, 1.807) is 0 Å². The molecule has 1 atom stereocenters. The molecule has 3 aromatic rings. The first-order valence-corrected chi connectivity index (χ1v) is 10.5. The molecule has 0 radical (unpaired) electrons. The van der Waals surface area contributed by atoms with Gasteiger partial charge in [-0.2, -0.15) is 0 Å². The highest BCUT2D eigenvalue weighted by Gasteiger charge is 2.23. The molecule has 0 saturated carbocycles. The fourth-order valence-electron chi connectivity index (χ4n) is 4.05. The van der Waals surface area contributed by atoms with Crippen LogP contribution in [0.5, 0.6) is 0 Å². The van der Waals surface area contributed by atoms with Gasteiger partial charge in [0.15, 0.2) is 0 Å². The lowest BCUT2D eigenvalue weighted by Crippen LogP contribution is -2.43. The predicted octanol–water partition coefficient (Wildman–Crippen LogP) is 3.71. The molecule has 5 heteroatoms. The van der Waals surface area contributed by atoms with Crippen molar-refractivity contribution in [1.29, 1.82) is 0 Å². The molecule has 1 saturated heterocycles. The molecular formula is C25H29N3O2. The Balaban J connectivity index is 1.54. The summed E-state index contributed by atoms with van der Waals surface area (Å²) in [5.74, 6) is -0.0324. The topological polar surface area (TPSA) is 44.8 Å². The third-order valence-corrected chi connectivity index (χ3v) is 5.77. The molecule has 5 nitrogen and oxygen atoms in total. The van der Waals surface area contributed by atoms with Crippen molar-refractivity contribution in [2.45, 2.75) is 6.04 Å². The number of carbonyl (C=O) groups excluding carboxylic acids is 1. The van der Waals surface area contributed by atoms with Crippen LogP contribution in [0.25, 0.3) is 10.8 Å². The molecule has 1 aliphatic rings. The van der Waals surface area contributed by atoms with Gasteiger partial charge in [0.1, 0.15) is 0 Å². The summed E-state index contributed by atoms with van der Waals surface area (Å²) in [6.07, 6.45) is 0. The Labute approximate surface area is 178 Å². The van der Waals surface area contributed by atoms with E-state index in [0.717, 1.165) is 42.6 Å². The van der Waals surface area contributed by atoms with Gasteiger partial charge in [-0.15, -0.1) is 0 Å². The molecule has 1 amide bonds. The Morgan fingerprint density at radius 3 is 2.43 bits per heavy atom. The molecule has 0 aliphatic carbocycles. The largest absolute Gasteiger partial charge is 0.379 e. The lowest BCUT2D eigenvalue weighted by molar-refractivity contribution is 0.0162. The molecule has 1 N–H and O–H groups in total. The molecule has 4 rings (SSSR count). The van der Waals surface area contributed by atoms with Crippen LogP contribution >= 0.6 is 0 Å². The standard InChI is InChI=1S/C25H29N3O2/c1-27(2)21-12-10-20(11-13-21)24(28-14-16-30-17-15-28)18-26-25(29)23-9-5-7-19-6-3-4-8-22(19)23/h3-13,24H,14-18H2,1-2H3,(H,26,29)/t24-/m0/s1. The van der Waals surface area contributed by atoms with Crippen molar-refractivity contribution in [3.8, 4) is 0 Å². The lowest BCUT2D eigenvalue weighted by atomic mass is 10.0. The Morgan fingerprint density at radius 1 is 1.00 bits per heavy atom. The lowest BCUT2D eigenvalue weighted by Gasteiger charge is -2.35. The van der Waals surface area contributed by atoms with E-state index < -0.39 is 0 Å². The number of hydrogen-bond donors (Lipinski definition) is 1. The van der Waals surface area contributed by atoms with Crippen LogP contribution in [-0.4, -0.2) is 57.8 Å². The first-order chi connectivity index (χ1) is 14.6. The van der Waals surface area contributed by atoms with Crippen LogP contribution in [0.1, 0.15) is 22.0 Å². The molecule has 156 valence electrons. The first kappa shape index (κ1) is 20.4. The van der Waals surface area contributed by atoms with Crippen molar-refractivity contribution in [3.05, 3.63) is 77.9 Å². The summed E-state index contributed by atoms with van der Waals surface area (Å²) in [4.78, 5) is 17.6. The number of fused-ring (bicyclic) bond motifs is 1. The maximum Gasteiger partial charge on any atom is 0.251 e. The van der Waals surface area contributed by atoms with Crippen molar-refractivity contribution in [3.63, 3.8) is 0 Å². The van der Waals surface area contributed by atoms with Crippen LogP contribution in [0.15, 0.2) is 66.7 Å². The molecule has 1 heterocycles.